The second-order valence-electron chi connectivity index (χ2n) is 5.53. The van der Waals surface area contributed by atoms with Crippen molar-refractivity contribution >= 4 is 17.4 Å². The van der Waals surface area contributed by atoms with Crippen LogP contribution in [-0.2, 0) is 6.54 Å². The highest BCUT2D eigenvalue weighted by molar-refractivity contribution is 6.03. The number of aromatic nitrogens is 3. The monoisotopic (exact) mass is 365 g/mol. The first kappa shape index (κ1) is 18.1. The van der Waals surface area contributed by atoms with Gasteiger partial charge in [0.15, 0.2) is 11.5 Å². The van der Waals surface area contributed by atoms with E-state index in [0.29, 0.717) is 29.5 Å². The average molecular weight is 365 g/mol. The highest BCUT2D eigenvalue weighted by atomic mass is 16.5. The Balaban J connectivity index is 1.68. The molecule has 0 fully saturated rings. The van der Waals surface area contributed by atoms with Crippen LogP contribution in [0.25, 0.3) is 0 Å². The fourth-order valence-corrected chi connectivity index (χ4v) is 2.38. The molecule has 0 aliphatic heterocycles. The highest BCUT2D eigenvalue weighted by Gasteiger charge is 2.11. The Hall–Kier alpha value is -3.68. The quantitative estimate of drug-likeness (QED) is 0.664. The van der Waals surface area contributed by atoms with Crippen LogP contribution in [0.3, 0.4) is 0 Å². The molecule has 138 valence electrons. The number of anilines is 2. The number of hydrogen-bond acceptors (Lipinski definition) is 7. The van der Waals surface area contributed by atoms with Crippen LogP contribution in [0.1, 0.15) is 16.1 Å². The van der Waals surface area contributed by atoms with E-state index in [2.05, 4.69) is 25.6 Å². The fraction of sp³-hybridized carbons (Fsp3) is 0.158. The van der Waals surface area contributed by atoms with Crippen LogP contribution in [0.15, 0.2) is 55.1 Å². The number of carbonyl (C=O) groups is 1. The van der Waals surface area contributed by atoms with Crippen LogP contribution in [0.5, 0.6) is 11.5 Å². The molecule has 1 aromatic carbocycles. The maximum atomic E-state index is 12.5. The van der Waals surface area contributed by atoms with Gasteiger partial charge >= 0.3 is 0 Å². The van der Waals surface area contributed by atoms with Crippen LogP contribution in [0.4, 0.5) is 11.5 Å². The molecule has 0 saturated heterocycles. The zero-order valence-electron chi connectivity index (χ0n) is 15.0. The summed E-state index contributed by atoms with van der Waals surface area (Å²) in [7, 11) is 3.09. The van der Waals surface area contributed by atoms with Gasteiger partial charge in [0.2, 0.25) is 0 Å². The number of nitrogens with one attached hydrogen (secondary N) is 2. The summed E-state index contributed by atoms with van der Waals surface area (Å²) in [6.07, 6.45) is 4.82. The van der Waals surface area contributed by atoms with Gasteiger partial charge < -0.3 is 20.1 Å². The van der Waals surface area contributed by atoms with Gasteiger partial charge in [-0.25, -0.2) is 9.97 Å². The number of methoxy groups -OCH3 is 2. The van der Waals surface area contributed by atoms with Gasteiger partial charge in [0.25, 0.3) is 5.91 Å². The molecule has 8 heteroatoms. The third-order valence-electron chi connectivity index (χ3n) is 3.74. The lowest BCUT2D eigenvalue weighted by molar-refractivity contribution is 0.102. The maximum Gasteiger partial charge on any atom is 0.274 e. The van der Waals surface area contributed by atoms with Crippen LogP contribution in [0.2, 0.25) is 0 Å². The molecule has 0 radical (unpaired) electrons. The van der Waals surface area contributed by atoms with E-state index in [4.69, 9.17) is 9.47 Å². The van der Waals surface area contributed by atoms with Crippen LogP contribution in [0, 0.1) is 0 Å². The van der Waals surface area contributed by atoms with Crippen molar-refractivity contribution in [3.05, 3.63) is 66.4 Å². The van der Waals surface area contributed by atoms with E-state index in [9.17, 15) is 4.79 Å². The van der Waals surface area contributed by atoms with Crippen molar-refractivity contribution in [1.29, 1.82) is 0 Å². The van der Waals surface area contributed by atoms with E-state index in [1.807, 2.05) is 12.1 Å². The molecule has 2 heterocycles. The Kier molecular flexibility index (Phi) is 5.78. The lowest BCUT2D eigenvalue weighted by Gasteiger charge is -2.11. The van der Waals surface area contributed by atoms with Crippen molar-refractivity contribution in [3.8, 4) is 11.5 Å². The molecule has 0 unspecified atom stereocenters. The summed E-state index contributed by atoms with van der Waals surface area (Å²) in [5.41, 5.74) is 1.82. The molecular formula is C19H19N5O3. The van der Waals surface area contributed by atoms with E-state index in [1.54, 1.807) is 43.8 Å². The van der Waals surface area contributed by atoms with Gasteiger partial charge in [-0.2, -0.15) is 0 Å². The number of hydrogen-bond donors (Lipinski definition) is 2. The van der Waals surface area contributed by atoms with Crippen LogP contribution in [-0.4, -0.2) is 35.1 Å². The normalized spacial score (nSPS) is 10.1. The lowest BCUT2D eigenvalue weighted by atomic mass is 10.2. The third-order valence-corrected chi connectivity index (χ3v) is 3.74. The Labute approximate surface area is 156 Å². The standard InChI is InChI=1S/C19H19N5O3/c1-26-16-6-5-14(8-17(16)27-2)24-19(25)15-9-18(23-12-22-15)21-11-13-4-3-7-20-10-13/h3-10,12H,11H2,1-2H3,(H,24,25)(H,21,22,23). The van der Waals surface area contributed by atoms with Crippen molar-refractivity contribution in [2.45, 2.75) is 6.54 Å². The zero-order valence-corrected chi connectivity index (χ0v) is 15.0. The van der Waals surface area contributed by atoms with Crippen molar-refractivity contribution in [2.75, 3.05) is 24.9 Å². The molecule has 0 atom stereocenters. The minimum atomic E-state index is -0.353. The van der Waals surface area contributed by atoms with Gasteiger partial charge in [-0.3, -0.25) is 9.78 Å². The summed E-state index contributed by atoms with van der Waals surface area (Å²) >= 11 is 0. The summed E-state index contributed by atoms with van der Waals surface area (Å²) in [6.45, 7) is 0.543. The van der Waals surface area contributed by atoms with Crippen LogP contribution >= 0.6 is 0 Å². The highest BCUT2D eigenvalue weighted by Crippen LogP contribution is 2.29. The Morgan fingerprint density at radius 3 is 2.67 bits per heavy atom. The minimum Gasteiger partial charge on any atom is -0.493 e. The molecule has 2 aromatic heterocycles. The lowest BCUT2D eigenvalue weighted by Crippen LogP contribution is -2.14. The number of pyridine rings is 1. The van der Waals surface area contributed by atoms with Crippen molar-refractivity contribution in [2.24, 2.45) is 0 Å². The fourth-order valence-electron chi connectivity index (χ4n) is 2.38. The van der Waals surface area contributed by atoms with Gasteiger partial charge in [0.1, 0.15) is 17.8 Å². The predicted molar refractivity (Wildman–Crippen MR) is 101 cm³/mol. The van der Waals surface area contributed by atoms with Gasteiger partial charge in [-0.05, 0) is 23.8 Å². The van der Waals surface area contributed by atoms with E-state index < -0.39 is 0 Å². The third kappa shape index (κ3) is 4.69. The first-order chi connectivity index (χ1) is 13.2. The van der Waals surface area contributed by atoms with Gasteiger partial charge in [-0.1, -0.05) is 6.07 Å². The van der Waals surface area contributed by atoms with E-state index in [0.717, 1.165) is 5.56 Å². The van der Waals surface area contributed by atoms with Gasteiger partial charge in [0.05, 0.1) is 14.2 Å². The molecule has 27 heavy (non-hydrogen) atoms. The summed E-state index contributed by atoms with van der Waals surface area (Å²) in [6, 6.07) is 10.5. The number of nitrogens with zero attached hydrogens (tertiary/aromatic N) is 3. The summed E-state index contributed by atoms with van der Waals surface area (Å²) < 4.78 is 10.4. The first-order valence-corrected chi connectivity index (χ1v) is 8.18. The zero-order chi connectivity index (χ0) is 19.1. The Morgan fingerprint density at radius 2 is 1.93 bits per heavy atom. The second-order valence-corrected chi connectivity index (χ2v) is 5.53. The number of rotatable bonds is 7. The molecule has 0 bridgehead atoms. The van der Waals surface area contributed by atoms with E-state index in [-0.39, 0.29) is 11.6 Å². The number of amides is 1. The van der Waals surface area contributed by atoms with E-state index >= 15 is 0 Å². The molecule has 1 amide bonds. The molecule has 0 spiro atoms. The molecular weight excluding hydrogens is 346 g/mol. The Bertz CT molecular complexity index is 918. The molecule has 0 saturated carbocycles. The minimum absolute atomic E-state index is 0.244. The summed E-state index contributed by atoms with van der Waals surface area (Å²) in [4.78, 5) is 24.7. The Morgan fingerprint density at radius 1 is 1.07 bits per heavy atom. The predicted octanol–water partition coefficient (Wildman–Crippen LogP) is 2.75. The van der Waals surface area contributed by atoms with Crippen LogP contribution < -0.4 is 20.1 Å². The number of ether oxygens (including phenoxy) is 2. The van der Waals surface area contributed by atoms with Crippen molar-refractivity contribution in [1.82, 2.24) is 15.0 Å². The topological polar surface area (TPSA) is 98.3 Å². The van der Waals surface area contributed by atoms with Gasteiger partial charge in [-0.15, -0.1) is 0 Å². The summed E-state index contributed by atoms with van der Waals surface area (Å²) in [5.74, 6) is 1.30. The van der Waals surface area contributed by atoms with Crippen molar-refractivity contribution in [3.63, 3.8) is 0 Å². The number of carbonyl (C=O) groups excluding carboxylic acids is 1. The first-order valence-electron chi connectivity index (χ1n) is 8.18. The molecule has 3 aromatic rings. The molecule has 2 N–H and O–H groups in total. The molecule has 3 rings (SSSR count). The molecule has 0 aliphatic carbocycles. The van der Waals surface area contributed by atoms with Crippen molar-refractivity contribution < 1.29 is 14.3 Å². The van der Waals surface area contributed by atoms with Gasteiger partial charge in [0, 0.05) is 36.8 Å². The summed E-state index contributed by atoms with van der Waals surface area (Å²) in [5, 5.41) is 5.93. The van der Waals surface area contributed by atoms with E-state index in [1.165, 1.54) is 13.4 Å². The molecule has 0 aliphatic rings. The largest absolute Gasteiger partial charge is 0.493 e. The average Bonchev–Trinajstić information content (AvgIpc) is 2.73. The smallest absolute Gasteiger partial charge is 0.274 e. The SMILES string of the molecule is COc1ccc(NC(=O)c2cc(NCc3cccnc3)ncn2)cc1OC. The number of benzene rings is 1. The second kappa shape index (κ2) is 8.61. The molecule has 8 nitrogen and oxygen atoms in total. The maximum absolute atomic E-state index is 12.5.